The Bertz CT molecular complexity index is 753. The molecule has 0 aliphatic carbocycles. The lowest BCUT2D eigenvalue weighted by atomic mass is 10.3. The molecule has 0 fully saturated rings. The Hall–Kier alpha value is -1.40. The molecule has 0 spiro atoms. The maximum Gasteiger partial charge on any atom is 0.242 e. The molecule has 2 aromatic heterocycles. The summed E-state index contributed by atoms with van der Waals surface area (Å²) in [5.41, 5.74) is 1.66. The molecule has 3 aromatic rings. The number of benzene rings is 1. The van der Waals surface area contributed by atoms with Crippen molar-refractivity contribution in [1.29, 1.82) is 0 Å². The van der Waals surface area contributed by atoms with Crippen molar-refractivity contribution in [2.24, 2.45) is 0 Å². The van der Waals surface area contributed by atoms with Crippen LogP contribution in [0.5, 0.6) is 11.6 Å². The Labute approximate surface area is 131 Å². The van der Waals surface area contributed by atoms with E-state index in [0.717, 1.165) is 11.3 Å². The van der Waals surface area contributed by atoms with Gasteiger partial charge in [0.1, 0.15) is 17.2 Å². The lowest BCUT2D eigenvalue weighted by Crippen LogP contribution is -1.92. The van der Waals surface area contributed by atoms with Crippen LogP contribution in [0.3, 0.4) is 0 Å². The third-order valence-electron chi connectivity index (χ3n) is 2.77. The number of nitrogens with zero attached hydrogens (tertiary/aromatic N) is 2. The fourth-order valence-corrected chi connectivity index (χ4v) is 2.88. The first kappa shape index (κ1) is 13.6. The van der Waals surface area contributed by atoms with Crippen molar-refractivity contribution < 1.29 is 9.13 Å². The van der Waals surface area contributed by atoms with Gasteiger partial charge in [-0.3, -0.25) is 4.40 Å². The number of halogens is 3. The summed E-state index contributed by atoms with van der Waals surface area (Å²) in [6.07, 6.45) is 1.91. The van der Waals surface area contributed by atoms with Crippen LogP contribution in [0.25, 0.3) is 5.65 Å². The fraction of sp³-hybridized carbons (Fsp3) is 0.0714. The summed E-state index contributed by atoms with van der Waals surface area (Å²) in [4.78, 5) is 4.41. The molecule has 0 radical (unpaired) electrons. The van der Waals surface area contributed by atoms with Crippen LogP contribution in [0, 0.1) is 5.82 Å². The zero-order valence-corrected chi connectivity index (χ0v) is 13.4. The number of imidazole rings is 1. The molecule has 2 heterocycles. The third kappa shape index (κ3) is 2.58. The van der Waals surface area contributed by atoms with Crippen molar-refractivity contribution in [1.82, 2.24) is 9.38 Å². The van der Waals surface area contributed by atoms with E-state index in [-0.39, 0.29) is 5.82 Å². The second-order valence-electron chi connectivity index (χ2n) is 4.13. The van der Waals surface area contributed by atoms with Crippen LogP contribution in [0.4, 0.5) is 4.39 Å². The molecule has 0 aliphatic rings. The first-order chi connectivity index (χ1) is 9.67. The molecule has 102 valence electrons. The van der Waals surface area contributed by atoms with Crippen LogP contribution in [-0.2, 0) is 5.33 Å². The molecular formula is C14H9Br2FN2O. The summed E-state index contributed by atoms with van der Waals surface area (Å²) >= 11 is 6.67. The molecule has 0 aliphatic heterocycles. The SMILES string of the molecule is Fc1cc(Br)cc(Oc2nc3ccccn3c2CBr)c1. The fourth-order valence-electron chi connectivity index (χ4n) is 1.93. The van der Waals surface area contributed by atoms with Gasteiger partial charge in [-0.05, 0) is 24.3 Å². The highest BCUT2D eigenvalue weighted by Crippen LogP contribution is 2.29. The summed E-state index contributed by atoms with van der Waals surface area (Å²) in [5.74, 6) is 0.506. The van der Waals surface area contributed by atoms with E-state index >= 15 is 0 Å². The maximum absolute atomic E-state index is 13.4. The molecule has 1 aromatic carbocycles. The zero-order valence-electron chi connectivity index (χ0n) is 10.2. The number of rotatable bonds is 3. The van der Waals surface area contributed by atoms with Gasteiger partial charge in [0.2, 0.25) is 5.88 Å². The highest BCUT2D eigenvalue weighted by Gasteiger charge is 2.13. The van der Waals surface area contributed by atoms with E-state index in [1.165, 1.54) is 12.1 Å². The Morgan fingerprint density at radius 1 is 1.25 bits per heavy atom. The van der Waals surface area contributed by atoms with Crippen molar-refractivity contribution in [2.45, 2.75) is 5.33 Å². The predicted octanol–water partition coefficient (Wildman–Crippen LogP) is 4.92. The summed E-state index contributed by atoms with van der Waals surface area (Å²) in [6, 6.07) is 10.1. The van der Waals surface area contributed by atoms with Gasteiger partial charge >= 0.3 is 0 Å². The minimum atomic E-state index is -0.362. The number of fused-ring (bicyclic) bond motifs is 1. The largest absolute Gasteiger partial charge is 0.437 e. The van der Waals surface area contributed by atoms with Gasteiger partial charge in [0, 0.05) is 22.1 Å². The molecular weight excluding hydrogens is 391 g/mol. The Morgan fingerprint density at radius 2 is 2.10 bits per heavy atom. The first-order valence-electron chi connectivity index (χ1n) is 5.83. The van der Waals surface area contributed by atoms with Gasteiger partial charge in [0.05, 0.1) is 5.69 Å². The zero-order chi connectivity index (χ0) is 14.1. The molecule has 6 heteroatoms. The van der Waals surface area contributed by atoms with Crippen molar-refractivity contribution in [3.63, 3.8) is 0 Å². The molecule has 0 atom stereocenters. The topological polar surface area (TPSA) is 26.5 Å². The van der Waals surface area contributed by atoms with E-state index in [4.69, 9.17) is 4.74 Å². The number of hydrogen-bond acceptors (Lipinski definition) is 2. The number of pyridine rings is 1. The van der Waals surface area contributed by atoms with Crippen LogP contribution >= 0.6 is 31.9 Å². The summed E-state index contributed by atoms with van der Waals surface area (Å²) in [5, 5.41) is 0.587. The van der Waals surface area contributed by atoms with E-state index in [2.05, 4.69) is 36.8 Å². The van der Waals surface area contributed by atoms with Gasteiger partial charge in [0.15, 0.2) is 0 Å². The smallest absolute Gasteiger partial charge is 0.242 e. The lowest BCUT2D eigenvalue weighted by molar-refractivity contribution is 0.456. The number of aromatic nitrogens is 2. The Kier molecular flexibility index (Phi) is 3.76. The molecule has 0 saturated heterocycles. The summed E-state index contributed by atoms with van der Waals surface area (Å²) in [7, 11) is 0. The highest BCUT2D eigenvalue weighted by atomic mass is 79.9. The van der Waals surface area contributed by atoms with Crippen LogP contribution in [0.1, 0.15) is 5.69 Å². The molecule has 3 nitrogen and oxygen atoms in total. The highest BCUT2D eigenvalue weighted by molar-refractivity contribution is 9.10. The molecule has 0 unspecified atom stereocenters. The molecule has 0 saturated carbocycles. The van der Waals surface area contributed by atoms with Gasteiger partial charge in [-0.25, -0.2) is 4.39 Å². The van der Waals surface area contributed by atoms with E-state index < -0.39 is 0 Å². The number of ether oxygens (including phenoxy) is 1. The standard InChI is InChI=1S/C14H9Br2FN2O/c15-8-12-14(18-13-3-1-2-4-19(12)13)20-11-6-9(16)5-10(17)7-11/h1-7H,8H2. The van der Waals surface area contributed by atoms with Gasteiger partial charge in [-0.15, -0.1) is 0 Å². The molecule has 0 amide bonds. The van der Waals surface area contributed by atoms with E-state index in [9.17, 15) is 4.39 Å². The van der Waals surface area contributed by atoms with Gasteiger partial charge in [0.25, 0.3) is 0 Å². The molecule has 0 N–H and O–H groups in total. The number of alkyl halides is 1. The average Bonchev–Trinajstić information content (AvgIpc) is 2.74. The van der Waals surface area contributed by atoms with Crippen molar-refractivity contribution in [3.8, 4) is 11.6 Å². The second-order valence-corrected chi connectivity index (χ2v) is 5.61. The van der Waals surface area contributed by atoms with Crippen molar-refractivity contribution in [3.05, 3.63) is 58.6 Å². The van der Waals surface area contributed by atoms with Crippen LogP contribution in [0.15, 0.2) is 47.1 Å². The Morgan fingerprint density at radius 3 is 2.85 bits per heavy atom. The van der Waals surface area contributed by atoms with Crippen LogP contribution in [0.2, 0.25) is 0 Å². The second kappa shape index (κ2) is 5.54. The van der Waals surface area contributed by atoms with E-state index in [0.29, 0.717) is 21.4 Å². The molecule has 20 heavy (non-hydrogen) atoms. The van der Waals surface area contributed by atoms with Crippen LogP contribution < -0.4 is 4.74 Å². The average molecular weight is 400 g/mol. The van der Waals surface area contributed by atoms with Crippen molar-refractivity contribution in [2.75, 3.05) is 0 Å². The van der Waals surface area contributed by atoms with Gasteiger partial charge < -0.3 is 4.74 Å². The van der Waals surface area contributed by atoms with Gasteiger partial charge in [-0.2, -0.15) is 4.98 Å². The monoisotopic (exact) mass is 398 g/mol. The van der Waals surface area contributed by atoms with Gasteiger partial charge in [-0.1, -0.05) is 37.9 Å². The molecule has 3 rings (SSSR count). The Balaban J connectivity index is 2.05. The van der Waals surface area contributed by atoms with E-state index in [1.54, 1.807) is 6.07 Å². The third-order valence-corrected chi connectivity index (χ3v) is 3.76. The summed E-state index contributed by atoms with van der Waals surface area (Å²) < 4.78 is 21.6. The number of hydrogen-bond donors (Lipinski definition) is 0. The molecule has 0 bridgehead atoms. The maximum atomic E-state index is 13.4. The lowest BCUT2D eigenvalue weighted by Gasteiger charge is -2.05. The predicted molar refractivity (Wildman–Crippen MR) is 82.0 cm³/mol. The normalized spacial score (nSPS) is 10.9. The van der Waals surface area contributed by atoms with Crippen molar-refractivity contribution >= 4 is 37.5 Å². The summed E-state index contributed by atoms with van der Waals surface area (Å²) in [6.45, 7) is 0. The quantitative estimate of drug-likeness (QED) is 0.584. The van der Waals surface area contributed by atoms with E-state index in [1.807, 2.05) is 28.8 Å². The minimum Gasteiger partial charge on any atom is -0.437 e. The minimum absolute atomic E-state index is 0.362. The van der Waals surface area contributed by atoms with Crippen LogP contribution in [-0.4, -0.2) is 9.38 Å². The first-order valence-corrected chi connectivity index (χ1v) is 7.74.